The Morgan fingerprint density at radius 2 is 1.68 bits per heavy atom. The van der Waals surface area contributed by atoms with Crippen LogP contribution in [-0.2, 0) is 6.42 Å². The predicted molar refractivity (Wildman–Crippen MR) is 79.0 cm³/mol. The van der Waals surface area contributed by atoms with Crippen molar-refractivity contribution >= 4 is 46.4 Å². The number of halogens is 4. The van der Waals surface area contributed by atoms with Crippen LogP contribution in [0.15, 0.2) is 24.3 Å². The van der Waals surface area contributed by atoms with Crippen molar-refractivity contribution in [3.8, 4) is 17.3 Å². The Morgan fingerprint density at radius 1 is 1.00 bits per heavy atom. The second-order valence-electron chi connectivity index (χ2n) is 3.72. The topological polar surface area (TPSA) is 36.7 Å². The number of benzene rings is 1. The molecule has 0 aliphatic rings. The van der Waals surface area contributed by atoms with Gasteiger partial charge in [-0.3, -0.25) is 0 Å². The zero-order valence-corrected chi connectivity index (χ0v) is 12.4. The lowest BCUT2D eigenvalue weighted by Crippen LogP contribution is -1.94. The van der Waals surface area contributed by atoms with Crippen LogP contribution in [0.4, 0.5) is 0 Å². The highest BCUT2D eigenvalue weighted by Crippen LogP contribution is 2.36. The molecule has 96 valence electrons. The summed E-state index contributed by atoms with van der Waals surface area (Å²) in [6, 6.07) is 8.60. The summed E-state index contributed by atoms with van der Waals surface area (Å²) in [5, 5.41) is 10.3. The van der Waals surface area contributed by atoms with Crippen LogP contribution < -0.4 is 0 Å². The van der Waals surface area contributed by atoms with Gasteiger partial charge in [0.15, 0.2) is 0 Å². The Balaban J connectivity index is 2.67. The Hall–Kier alpha value is -0.980. The first-order valence-electron chi connectivity index (χ1n) is 5.20. The highest BCUT2D eigenvalue weighted by atomic mass is 35.5. The fraction of sp³-hybridized carbons (Fsp3) is 0.0769. The molecular weight excluding hydrogens is 326 g/mol. The molecule has 19 heavy (non-hydrogen) atoms. The summed E-state index contributed by atoms with van der Waals surface area (Å²) in [6.07, 6.45) is 0.204. The minimum absolute atomic E-state index is 0.204. The molecule has 0 aliphatic carbocycles. The van der Waals surface area contributed by atoms with Crippen LogP contribution in [0.2, 0.25) is 20.2 Å². The van der Waals surface area contributed by atoms with Gasteiger partial charge in [0, 0.05) is 5.56 Å². The molecule has 0 aliphatic heterocycles. The van der Waals surface area contributed by atoms with Gasteiger partial charge < -0.3 is 0 Å². The number of hydrogen-bond donors (Lipinski definition) is 0. The summed E-state index contributed by atoms with van der Waals surface area (Å²) in [5.74, 6) is 0. The highest BCUT2D eigenvalue weighted by molar-refractivity contribution is 6.44. The van der Waals surface area contributed by atoms with Gasteiger partial charge in [-0.2, -0.15) is 5.26 Å². The van der Waals surface area contributed by atoms with E-state index in [4.69, 9.17) is 51.7 Å². The van der Waals surface area contributed by atoms with E-state index in [1.165, 1.54) is 0 Å². The van der Waals surface area contributed by atoms with E-state index in [-0.39, 0.29) is 6.42 Å². The van der Waals surface area contributed by atoms with Crippen molar-refractivity contribution in [3.63, 3.8) is 0 Å². The van der Waals surface area contributed by atoms with Crippen molar-refractivity contribution < 1.29 is 0 Å². The van der Waals surface area contributed by atoms with E-state index in [9.17, 15) is 0 Å². The van der Waals surface area contributed by atoms with Crippen molar-refractivity contribution in [3.05, 3.63) is 50.0 Å². The minimum Gasteiger partial charge on any atom is -0.236 e. The van der Waals surface area contributed by atoms with Gasteiger partial charge in [0.1, 0.15) is 5.15 Å². The van der Waals surface area contributed by atoms with E-state index in [0.29, 0.717) is 31.5 Å². The molecule has 1 heterocycles. The molecule has 0 saturated heterocycles. The summed E-state index contributed by atoms with van der Waals surface area (Å²) in [4.78, 5) is 4.22. The van der Waals surface area contributed by atoms with Crippen LogP contribution in [0.25, 0.3) is 11.3 Å². The molecule has 0 bridgehead atoms. The number of hydrogen-bond acceptors (Lipinski definition) is 2. The molecule has 6 heteroatoms. The van der Waals surface area contributed by atoms with Gasteiger partial charge in [-0.15, -0.1) is 0 Å². The second kappa shape index (κ2) is 5.98. The summed E-state index contributed by atoms with van der Waals surface area (Å²) in [7, 11) is 0. The molecule has 2 rings (SSSR count). The van der Waals surface area contributed by atoms with Crippen LogP contribution >= 0.6 is 46.4 Å². The maximum absolute atomic E-state index is 8.84. The maximum Gasteiger partial charge on any atom is 0.129 e. The number of aromatic nitrogens is 1. The highest BCUT2D eigenvalue weighted by Gasteiger charge is 2.13. The average Bonchev–Trinajstić information content (AvgIpc) is 2.36. The number of rotatable bonds is 2. The number of pyridine rings is 1. The van der Waals surface area contributed by atoms with Crippen LogP contribution in [0, 0.1) is 11.3 Å². The maximum atomic E-state index is 8.84. The minimum atomic E-state index is 0.204. The molecule has 0 fully saturated rings. The van der Waals surface area contributed by atoms with Crippen molar-refractivity contribution in [2.45, 2.75) is 6.42 Å². The third kappa shape index (κ3) is 3.13. The Bertz CT molecular complexity index is 677. The first kappa shape index (κ1) is 14.4. The van der Waals surface area contributed by atoms with Crippen molar-refractivity contribution in [2.24, 2.45) is 0 Å². The van der Waals surface area contributed by atoms with E-state index >= 15 is 0 Å². The smallest absolute Gasteiger partial charge is 0.129 e. The fourth-order valence-electron chi connectivity index (χ4n) is 1.63. The van der Waals surface area contributed by atoms with Gasteiger partial charge in [0.2, 0.25) is 0 Å². The third-order valence-corrected chi connectivity index (χ3v) is 3.72. The lowest BCUT2D eigenvalue weighted by atomic mass is 10.0. The summed E-state index contributed by atoms with van der Waals surface area (Å²) >= 11 is 23.9. The molecule has 2 nitrogen and oxygen atoms in total. The summed E-state index contributed by atoms with van der Waals surface area (Å²) in [6.45, 7) is 0. The van der Waals surface area contributed by atoms with E-state index < -0.39 is 0 Å². The van der Waals surface area contributed by atoms with Crippen LogP contribution in [0.3, 0.4) is 0 Å². The average molecular weight is 332 g/mol. The lowest BCUT2D eigenvalue weighted by molar-refractivity contribution is 1.20. The standard InChI is InChI=1S/C13H6Cl4N2/c14-9-6-11(16)10(15)5-8(9)13-7(3-4-18)1-2-12(17)19-13/h1-2,5-6H,3H2. The van der Waals surface area contributed by atoms with Gasteiger partial charge >= 0.3 is 0 Å². The molecular formula is C13H6Cl4N2. The molecule has 2 aromatic rings. The fourth-order valence-corrected chi connectivity index (χ4v) is 2.41. The molecule has 0 amide bonds. The molecule has 0 N–H and O–H groups in total. The monoisotopic (exact) mass is 330 g/mol. The largest absolute Gasteiger partial charge is 0.236 e. The first-order chi connectivity index (χ1) is 9.02. The SMILES string of the molecule is N#CCc1ccc(Cl)nc1-c1cc(Cl)c(Cl)cc1Cl. The van der Waals surface area contributed by atoms with E-state index in [1.807, 2.05) is 0 Å². The summed E-state index contributed by atoms with van der Waals surface area (Å²) < 4.78 is 0. The first-order valence-corrected chi connectivity index (χ1v) is 6.71. The van der Waals surface area contributed by atoms with Gasteiger partial charge in [-0.25, -0.2) is 4.98 Å². The van der Waals surface area contributed by atoms with Crippen molar-refractivity contribution in [1.29, 1.82) is 5.26 Å². The zero-order chi connectivity index (χ0) is 14.0. The molecule has 0 unspecified atom stereocenters. The molecule has 1 aromatic heterocycles. The van der Waals surface area contributed by atoms with Gasteiger partial charge in [-0.1, -0.05) is 52.5 Å². The van der Waals surface area contributed by atoms with Gasteiger partial charge in [0.05, 0.1) is 33.3 Å². The number of nitrogens with zero attached hydrogens (tertiary/aromatic N) is 2. The number of nitriles is 1. The Kier molecular flexibility index (Phi) is 4.54. The van der Waals surface area contributed by atoms with Crippen molar-refractivity contribution in [2.75, 3.05) is 0 Å². The van der Waals surface area contributed by atoms with Gasteiger partial charge in [0.25, 0.3) is 0 Å². The zero-order valence-electron chi connectivity index (χ0n) is 9.42. The second-order valence-corrected chi connectivity index (χ2v) is 5.33. The lowest BCUT2D eigenvalue weighted by Gasteiger charge is -2.10. The van der Waals surface area contributed by atoms with E-state index in [2.05, 4.69) is 11.1 Å². The van der Waals surface area contributed by atoms with Gasteiger partial charge in [-0.05, 0) is 23.8 Å². The van der Waals surface area contributed by atoms with Crippen LogP contribution in [-0.4, -0.2) is 4.98 Å². The molecule has 0 spiro atoms. The van der Waals surface area contributed by atoms with Crippen molar-refractivity contribution in [1.82, 2.24) is 4.98 Å². The summed E-state index contributed by atoms with van der Waals surface area (Å²) in [5.41, 5.74) is 1.87. The van der Waals surface area contributed by atoms with Crippen LogP contribution in [0.5, 0.6) is 0 Å². The third-order valence-electron chi connectivity index (χ3n) is 2.48. The van der Waals surface area contributed by atoms with Crippen LogP contribution in [0.1, 0.15) is 5.56 Å². The molecule has 0 saturated carbocycles. The molecule has 0 radical (unpaired) electrons. The molecule has 0 atom stereocenters. The predicted octanol–water partition coefficient (Wildman–Crippen LogP) is 5.43. The Labute approximate surface area is 130 Å². The molecule has 1 aromatic carbocycles. The normalized spacial score (nSPS) is 10.3. The van der Waals surface area contributed by atoms with E-state index in [1.54, 1.807) is 24.3 Å². The quantitative estimate of drug-likeness (QED) is 0.543. The van der Waals surface area contributed by atoms with E-state index in [0.717, 1.165) is 5.56 Å². The Morgan fingerprint density at radius 3 is 2.37 bits per heavy atom.